The van der Waals surface area contributed by atoms with Crippen LogP contribution in [0.2, 0.25) is 5.02 Å². The zero-order valence-corrected chi connectivity index (χ0v) is 12.0. The van der Waals surface area contributed by atoms with Crippen LogP contribution in [0.1, 0.15) is 5.69 Å². The zero-order chi connectivity index (χ0) is 14.0. The quantitative estimate of drug-likeness (QED) is 0.843. The number of aromatic nitrogens is 2. The molecule has 0 bridgehead atoms. The molecule has 0 saturated carbocycles. The van der Waals surface area contributed by atoms with E-state index >= 15 is 0 Å². The van der Waals surface area contributed by atoms with Crippen molar-refractivity contribution in [3.63, 3.8) is 0 Å². The minimum Gasteiger partial charge on any atom is -0.308 e. The second kappa shape index (κ2) is 5.20. The van der Waals surface area contributed by atoms with Crippen molar-refractivity contribution >= 4 is 27.3 Å². The van der Waals surface area contributed by atoms with Crippen molar-refractivity contribution in [3.8, 4) is 0 Å². The van der Waals surface area contributed by atoms with Crippen LogP contribution in [0.15, 0.2) is 35.4 Å². The molecule has 19 heavy (non-hydrogen) atoms. The number of hydrazine groups is 1. The monoisotopic (exact) mass is 300 g/mol. The molecule has 0 unspecified atom stereocenters. The Hall–Kier alpha value is -1.57. The fourth-order valence-electron chi connectivity index (χ4n) is 1.59. The van der Waals surface area contributed by atoms with Gasteiger partial charge in [-0.2, -0.15) is 5.10 Å². The van der Waals surface area contributed by atoms with Crippen molar-refractivity contribution < 1.29 is 8.42 Å². The number of nitrogens with zero attached hydrogens (tertiary/aromatic N) is 2. The number of hydrogen-bond donors (Lipinski definition) is 2. The summed E-state index contributed by atoms with van der Waals surface area (Å²) in [6.45, 7) is 1.63. The van der Waals surface area contributed by atoms with Crippen LogP contribution in [-0.4, -0.2) is 18.2 Å². The van der Waals surface area contributed by atoms with Crippen LogP contribution in [0.4, 0.5) is 5.69 Å². The third kappa shape index (κ3) is 3.25. The van der Waals surface area contributed by atoms with Gasteiger partial charge in [-0.1, -0.05) is 17.7 Å². The third-order valence-electron chi connectivity index (χ3n) is 2.41. The first-order valence-corrected chi connectivity index (χ1v) is 7.28. The van der Waals surface area contributed by atoms with E-state index in [2.05, 4.69) is 15.4 Å². The maximum Gasteiger partial charge on any atom is 0.260 e. The number of rotatable bonds is 4. The summed E-state index contributed by atoms with van der Waals surface area (Å²) in [5.41, 5.74) is 3.59. The van der Waals surface area contributed by atoms with Crippen LogP contribution >= 0.6 is 11.6 Å². The molecular weight excluding hydrogens is 288 g/mol. The molecule has 2 rings (SSSR count). The highest BCUT2D eigenvalue weighted by atomic mass is 35.5. The maximum absolute atomic E-state index is 12.1. The molecule has 0 aliphatic carbocycles. The molecule has 1 aromatic heterocycles. The lowest BCUT2D eigenvalue weighted by Crippen LogP contribution is -2.29. The summed E-state index contributed by atoms with van der Waals surface area (Å²) >= 11 is 5.81. The van der Waals surface area contributed by atoms with Crippen molar-refractivity contribution in [2.75, 3.05) is 5.43 Å². The van der Waals surface area contributed by atoms with Crippen molar-refractivity contribution in [1.82, 2.24) is 14.6 Å². The summed E-state index contributed by atoms with van der Waals surface area (Å²) in [5, 5.41) is 4.51. The molecule has 0 saturated heterocycles. The van der Waals surface area contributed by atoms with E-state index < -0.39 is 10.0 Å². The SMILES string of the molecule is Cc1nn(C)cc1S(=O)(=O)NNc1cccc(Cl)c1. The largest absolute Gasteiger partial charge is 0.308 e. The van der Waals surface area contributed by atoms with Crippen LogP contribution in [0.3, 0.4) is 0 Å². The van der Waals surface area contributed by atoms with Gasteiger partial charge in [-0.15, -0.1) is 4.83 Å². The van der Waals surface area contributed by atoms with E-state index in [4.69, 9.17) is 11.6 Å². The summed E-state index contributed by atoms with van der Waals surface area (Å²) in [6, 6.07) is 6.73. The topological polar surface area (TPSA) is 76.0 Å². The lowest BCUT2D eigenvalue weighted by molar-refractivity contribution is 0.587. The van der Waals surface area contributed by atoms with E-state index in [0.717, 1.165) is 0 Å². The first-order valence-electron chi connectivity index (χ1n) is 5.42. The number of anilines is 1. The smallest absolute Gasteiger partial charge is 0.260 e. The van der Waals surface area contributed by atoms with E-state index in [0.29, 0.717) is 16.4 Å². The molecule has 0 aliphatic heterocycles. The molecule has 1 heterocycles. The van der Waals surface area contributed by atoms with Crippen LogP contribution in [-0.2, 0) is 17.1 Å². The number of halogens is 1. The normalized spacial score (nSPS) is 11.5. The van der Waals surface area contributed by atoms with Crippen LogP contribution in [0.25, 0.3) is 0 Å². The number of aryl methyl sites for hydroxylation is 2. The number of hydrogen-bond acceptors (Lipinski definition) is 4. The molecule has 0 amide bonds. The molecular formula is C11H13ClN4O2S. The second-order valence-corrected chi connectivity index (χ2v) is 6.08. The Balaban J connectivity index is 2.16. The average Bonchev–Trinajstić information content (AvgIpc) is 2.67. The molecule has 8 heteroatoms. The second-order valence-electron chi connectivity index (χ2n) is 3.99. The molecule has 2 aromatic rings. The first-order chi connectivity index (χ1) is 8.88. The predicted molar refractivity (Wildman–Crippen MR) is 73.3 cm³/mol. The van der Waals surface area contributed by atoms with Gasteiger partial charge in [0.15, 0.2) is 0 Å². The highest BCUT2D eigenvalue weighted by Gasteiger charge is 2.19. The summed E-state index contributed by atoms with van der Waals surface area (Å²) in [7, 11) is -2.01. The van der Waals surface area contributed by atoms with E-state index in [-0.39, 0.29) is 4.90 Å². The van der Waals surface area contributed by atoms with Gasteiger partial charge in [0.05, 0.1) is 11.4 Å². The number of benzene rings is 1. The fraction of sp³-hybridized carbons (Fsp3) is 0.182. The summed E-state index contributed by atoms with van der Waals surface area (Å²) in [5.74, 6) is 0. The molecule has 2 N–H and O–H groups in total. The van der Waals surface area contributed by atoms with Crippen molar-refractivity contribution in [2.45, 2.75) is 11.8 Å². The van der Waals surface area contributed by atoms with E-state index in [1.807, 2.05) is 0 Å². The molecule has 102 valence electrons. The average molecular weight is 301 g/mol. The van der Waals surface area contributed by atoms with Gasteiger partial charge >= 0.3 is 0 Å². The Bertz CT molecular complexity index is 696. The minimum atomic E-state index is -3.67. The Labute approximate surface area is 116 Å². The summed E-state index contributed by atoms with van der Waals surface area (Å²) in [4.78, 5) is 2.41. The molecule has 0 radical (unpaired) electrons. The van der Waals surface area contributed by atoms with Gasteiger partial charge in [0.2, 0.25) is 0 Å². The highest BCUT2D eigenvalue weighted by molar-refractivity contribution is 7.89. The maximum atomic E-state index is 12.1. The predicted octanol–water partition coefficient (Wildman–Crippen LogP) is 1.69. The van der Waals surface area contributed by atoms with Crippen LogP contribution in [0, 0.1) is 6.92 Å². The Morgan fingerprint density at radius 1 is 1.37 bits per heavy atom. The Kier molecular flexibility index (Phi) is 3.79. The molecule has 0 aliphatic rings. The van der Waals surface area contributed by atoms with Crippen molar-refractivity contribution in [1.29, 1.82) is 0 Å². The Morgan fingerprint density at radius 3 is 2.68 bits per heavy atom. The van der Waals surface area contributed by atoms with Gasteiger partial charge in [-0.3, -0.25) is 4.68 Å². The molecule has 0 atom stereocenters. The lowest BCUT2D eigenvalue weighted by atomic mass is 10.3. The van der Waals surface area contributed by atoms with Crippen molar-refractivity contribution in [2.24, 2.45) is 7.05 Å². The number of nitrogens with one attached hydrogen (secondary N) is 2. The zero-order valence-electron chi connectivity index (χ0n) is 10.4. The minimum absolute atomic E-state index is 0.129. The van der Waals surface area contributed by atoms with E-state index in [9.17, 15) is 8.42 Å². The summed E-state index contributed by atoms with van der Waals surface area (Å²) in [6.07, 6.45) is 1.44. The van der Waals surface area contributed by atoms with Gasteiger partial charge in [0, 0.05) is 18.3 Å². The van der Waals surface area contributed by atoms with Gasteiger partial charge in [0.1, 0.15) is 4.90 Å². The van der Waals surface area contributed by atoms with E-state index in [1.165, 1.54) is 10.9 Å². The van der Waals surface area contributed by atoms with Gasteiger partial charge in [-0.25, -0.2) is 8.42 Å². The van der Waals surface area contributed by atoms with Crippen LogP contribution in [0.5, 0.6) is 0 Å². The highest BCUT2D eigenvalue weighted by Crippen LogP contribution is 2.16. The number of sulfonamides is 1. The lowest BCUT2D eigenvalue weighted by Gasteiger charge is -2.08. The first kappa shape index (κ1) is 13.9. The molecule has 0 fully saturated rings. The van der Waals surface area contributed by atoms with Gasteiger partial charge in [0.25, 0.3) is 10.0 Å². The Morgan fingerprint density at radius 2 is 2.11 bits per heavy atom. The van der Waals surface area contributed by atoms with Crippen LogP contribution < -0.4 is 10.3 Å². The van der Waals surface area contributed by atoms with Gasteiger partial charge in [-0.05, 0) is 25.1 Å². The molecule has 6 nitrogen and oxygen atoms in total. The van der Waals surface area contributed by atoms with E-state index in [1.54, 1.807) is 38.2 Å². The molecule has 0 spiro atoms. The van der Waals surface area contributed by atoms with Crippen molar-refractivity contribution in [3.05, 3.63) is 41.2 Å². The third-order valence-corrected chi connectivity index (χ3v) is 4.00. The fourth-order valence-corrected chi connectivity index (χ4v) is 2.86. The standard InChI is InChI=1S/C11H13ClN4O2S/c1-8-11(7-16(2)14-8)19(17,18)15-13-10-5-3-4-9(12)6-10/h3-7,13,15H,1-2H3. The van der Waals surface area contributed by atoms with Gasteiger partial charge < -0.3 is 5.43 Å². The molecule has 1 aromatic carbocycles. The summed E-state index contributed by atoms with van der Waals surface area (Å²) < 4.78 is 25.6.